The van der Waals surface area contributed by atoms with Gasteiger partial charge in [0.2, 0.25) is 5.91 Å². The number of anilines is 1. The number of amides is 1. The maximum absolute atomic E-state index is 13.3. The van der Waals surface area contributed by atoms with Crippen molar-refractivity contribution in [1.82, 2.24) is 4.57 Å². The zero-order chi connectivity index (χ0) is 13.0. The summed E-state index contributed by atoms with van der Waals surface area (Å²) in [5.41, 5.74) is 6.58. The number of hydrogen-bond donors (Lipinski definition) is 2. The van der Waals surface area contributed by atoms with Gasteiger partial charge in [0.15, 0.2) is 0 Å². The van der Waals surface area contributed by atoms with Crippen LogP contribution in [0.4, 0.5) is 10.1 Å². The third-order valence-electron chi connectivity index (χ3n) is 2.59. The van der Waals surface area contributed by atoms with Crippen LogP contribution < -0.4 is 11.1 Å². The standard InChI is InChI=1S/C13H14FN3O/c14-11-5-1-2-6-12(11)16-13(18)9-17-7-3-4-10(17)8-15/h1-7H,8-9,15H2,(H,16,18). The quantitative estimate of drug-likeness (QED) is 0.864. The van der Waals surface area contributed by atoms with E-state index in [0.717, 1.165) is 5.69 Å². The van der Waals surface area contributed by atoms with Gasteiger partial charge in [-0.05, 0) is 24.3 Å². The number of para-hydroxylation sites is 1. The van der Waals surface area contributed by atoms with Crippen LogP contribution in [0.5, 0.6) is 0 Å². The van der Waals surface area contributed by atoms with Crippen molar-refractivity contribution in [2.24, 2.45) is 5.73 Å². The number of nitrogens with one attached hydrogen (secondary N) is 1. The summed E-state index contributed by atoms with van der Waals surface area (Å²) in [5.74, 6) is -0.733. The Balaban J connectivity index is 2.04. The van der Waals surface area contributed by atoms with E-state index in [-0.39, 0.29) is 18.1 Å². The minimum Gasteiger partial charge on any atom is -0.341 e. The molecule has 3 N–H and O–H groups in total. The highest BCUT2D eigenvalue weighted by molar-refractivity contribution is 5.90. The van der Waals surface area contributed by atoms with Gasteiger partial charge in [0.05, 0.1) is 5.69 Å². The molecule has 1 heterocycles. The number of rotatable bonds is 4. The van der Waals surface area contributed by atoms with Gasteiger partial charge in [-0.15, -0.1) is 0 Å². The number of aromatic nitrogens is 1. The second-order valence-electron chi connectivity index (χ2n) is 3.86. The topological polar surface area (TPSA) is 60.0 Å². The molecule has 0 fully saturated rings. The van der Waals surface area contributed by atoms with Crippen molar-refractivity contribution in [2.75, 3.05) is 5.32 Å². The SMILES string of the molecule is NCc1cccn1CC(=O)Nc1ccccc1F. The summed E-state index contributed by atoms with van der Waals surface area (Å²) in [4.78, 5) is 11.8. The molecular weight excluding hydrogens is 233 g/mol. The molecule has 0 bridgehead atoms. The molecule has 0 unspecified atom stereocenters. The number of hydrogen-bond acceptors (Lipinski definition) is 2. The first-order chi connectivity index (χ1) is 8.70. The molecule has 0 radical (unpaired) electrons. The highest BCUT2D eigenvalue weighted by atomic mass is 19.1. The van der Waals surface area contributed by atoms with Gasteiger partial charge in [-0.25, -0.2) is 4.39 Å². The van der Waals surface area contributed by atoms with Gasteiger partial charge in [0, 0.05) is 18.4 Å². The van der Waals surface area contributed by atoms with E-state index in [1.54, 1.807) is 22.9 Å². The summed E-state index contributed by atoms with van der Waals surface area (Å²) in [6, 6.07) is 9.72. The molecule has 18 heavy (non-hydrogen) atoms. The Morgan fingerprint density at radius 1 is 1.28 bits per heavy atom. The lowest BCUT2D eigenvalue weighted by molar-refractivity contribution is -0.116. The average Bonchev–Trinajstić information content (AvgIpc) is 2.79. The zero-order valence-electron chi connectivity index (χ0n) is 9.77. The molecule has 0 saturated heterocycles. The largest absolute Gasteiger partial charge is 0.341 e. The van der Waals surface area contributed by atoms with E-state index in [0.29, 0.717) is 6.54 Å². The lowest BCUT2D eigenvalue weighted by Gasteiger charge is -2.09. The number of benzene rings is 1. The molecule has 0 saturated carbocycles. The Labute approximate surface area is 104 Å². The summed E-state index contributed by atoms with van der Waals surface area (Å²) in [6.45, 7) is 0.480. The molecule has 1 aromatic heterocycles. The van der Waals surface area contributed by atoms with Crippen molar-refractivity contribution in [3.05, 3.63) is 54.1 Å². The molecule has 2 aromatic rings. The molecule has 2 rings (SSSR count). The summed E-state index contributed by atoms with van der Waals surface area (Å²) in [7, 11) is 0. The minimum atomic E-state index is -0.447. The Kier molecular flexibility index (Phi) is 3.74. The van der Waals surface area contributed by atoms with Crippen LogP contribution in [-0.2, 0) is 17.9 Å². The molecule has 94 valence electrons. The Bertz CT molecular complexity index is 551. The van der Waals surface area contributed by atoms with Crippen molar-refractivity contribution in [3.8, 4) is 0 Å². The first-order valence-corrected chi connectivity index (χ1v) is 5.59. The van der Waals surface area contributed by atoms with Crippen molar-refractivity contribution in [3.63, 3.8) is 0 Å². The monoisotopic (exact) mass is 247 g/mol. The first-order valence-electron chi connectivity index (χ1n) is 5.59. The van der Waals surface area contributed by atoms with Crippen molar-refractivity contribution >= 4 is 11.6 Å². The molecule has 1 amide bonds. The fourth-order valence-corrected chi connectivity index (χ4v) is 1.70. The Morgan fingerprint density at radius 3 is 2.78 bits per heavy atom. The first kappa shape index (κ1) is 12.3. The van der Waals surface area contributed by atoms with Gasteiger partial charge in [0.1, 0.15) is 12.4 Å². The van der Waals surface area contributed by atoms with Crippen LogP contribution in [-0.4, -0.2) is 10.5 Å². The average molecular weight is 247 g/mol. The highest BCUT2D eigenvalue weighted by Crippen LogP contribution is 2.12. The number of carbonyl (C=O) groups is 1. The van der Waals surface area contributed by atoms with E-state index >= 15 is 0 Å². The van der Waals surface area contributed by atoms with Crippen LogP contribution >= 0.6 is 0 Å². The molecule has 0 aliphatic carbocycles. The fraction of sp³-hybridized carbons (Fsp3) is 0.154. The summed E-state index contributed by atoms with van der Waals surface area (Å²) < 4.78 is 15.1. The van der Waals surface area contributed by atoms with Crippen LogP contribution in [0.2, 0.25) is 0 Å². The van der Waals surface area contributed by atoms with Crippen LogP contribution in [0, 0.1) is 5.82 Å². The Hall–Kier alpha value is -2.14. The third-order valence-corrected chi connectivity index (χ3v) is 2.59. The van der Waals surface area contributed by atoms with Crippen molar-refractivity contribution < 1.29 is 9.18 Å². The second-order valence-corrected chi connectivity index (χ2v) is 3.86. The van der Waals surface area contributed by atoms with Crippen LogP contribution in [0.1, 0.15) is 5.69 Å². The third kappa shape index (κ3) is 2.75. The molecule has 4 nitrogen and oxygen atoms in total. The summed E-state index contributed by atoms with van der Waals surface area (Å²) in [5, 5.41) is 2.52. The van der Waals surface area contributed by atoms with Crippen molar-refractivity contribution in [2.45, 2.75) is 13.1 Å². The van der Waals surface area contributed by atoms with Gasteiger partial charge in [-0.3, -0.25) is 4.79 Å². The zero-order valence-corrected chi connectivity index (χ0v) is 9.77. The molecule has 0 aliphatic rings. The molecule has 0 aliphatic heterocycles. The van der Waals surface area contributed by atoms with E-state index in [2.05, 4.69) is 5.32 Å². The molecule has 0 spiro atoms. The molecule has 0 atom stereocenters. The Morgan fingerprint density at radius 2 is 2.06 bits per heavy atom. The second kappa shape index (κ2) is 5.46. The molecular formula is C13H14FN3O. The molecule has 5 heteroatoms. The lowest BCUT2D eigenvalue weighted by atomic mass is 10.3. The minimum absolute atomic E-state index is 0.119. The van der Waals surface area contributed by atoms with E-state index in [4.69, 9.17) is 5.73 Å². The van der Waals surface area contributed by atoms with Crippen molar-refractivity contribution in [1.29, 1.82) is 0 Å². The van der Waals surface area contributed by atoms with Gasteiger partial charge < -0.3 is 15.6 Å². The van der Waals surface area contributed by atoms with Gasteiger partial charge in [0.25, 0.3) is 0 Å². The van der Waals surface area contributed by atoms with E-state index < -0.39 is 5.82 Å². The smallest absolute Gasteiger partial charge is 0.244 e. The van der Waals surface area contributed by atoms with E-state index in [1.165, 1.54) is 12.1 Å². The predicted octanol–water partition coefficient (Wildman–Crippen LogP) is 1.72. The fourth-order valence-electron chi connectivity index (χ4n) is 1.70. The number of carbonyl (C=O) groups excluding carboxylic acids is 1. The normalized spacial score (nSPS) is 10.3. The number of nitrogens with zero attached hydrogens (tertiary/aromatic N) is 1. The van der Waals surface area contributed by atoms with Crippen LogP contribution in [0.3, 0.4) is 0 Å². The lowest BCUT2D eigenvalue weighted by Crippen LogP contribution is -2.20. The van der Waals surface area contributed by atoms with Crippen LogP contribution in [0.15, 0.2) is 42.6 Å². The summed E-state index contributed by atoms with van der Waals surface area (Å²) >= 11 is 0. The van der Waals surface area contributed by atoms with E-state index in [9.17, 15) is 9.18 Å². The number of halogens is 1. The molecule has 1 aromatic carbocycles. The van der Waals surface area contributed by atoms with E-state index in [1.807, 2.05) is 12.1 Å². The van der Waals surface area contributed by atoms with Gasteiger partial charge in [-0.2, -0.15) is 0 Å². The predicted molar refractivity (Wildman–Crippen MR) is 67.4 cm³/mol. The van der Waals surface area contributed by atoms with Gasteiger partial charge >= 0.3 is 0 Å². The van der Waals surface area contributed by atoms with Gasteiger partial charge in [-0.1, -0.05) is 12.1 Å². The number of nitrogens with two attached hydrogens (primary N) is 1. The maximum Gasteiger partial charge on any atom is 0.244 e. The van der Waals surface area contributed by atoms with Crippen LogP contribution in [0.25, 0.3) is 0 Å². The highest BCUT2D eigenvalue weighted by Gasteiger charge is 2.08. The maximum atomic E-state index is 13.3. The summed E-state index contributed by atoms with van der Waals surface area (Å²) in [6.07, 6.45) is 1.77.